The van der Waals surface area contributed by atoms with E-state index >= 15 is 0 Å². The van der Waals surface area contributed by atoms with Crippen LogP contribution < -0.4 is 5.32 Å². The van der Waals surface area contributed by atoms with Crippen LogP contribution in [0.15, 0.2) is 0 Å². The molecule has 1 N–H and O–H groups in total. The summed E-state index contributed by atoms with van der Waals surface area (Å²) >= 11 is 0. The fourth-order valence-corrected chi connectivity index (χ4v) is 2.14. The summed E-state index contributed by atoms with van der Waals surface area (Å²) in [6, 6.07) is 0.650. The molecule has 1 rings (SSSR count). The highest BCUT2D eigenvalue weighted by atomic mass is 15.1. The fraction of sp³-hybridized carbons (Fsp3) is 1.00. The monoisotopic (exact) mass is 212 g/mol. The Morgan fingerprint density at radius 2 is 1.80 bits per heavy atom. The van der Waals surface area contributed by atoms with Gasteiger partial charge in [-0.25, -0.2) is 0 Å². The lowest BCUT2D eigenvalue weighted by Crippen LogP contribution is -2.42. The second-order valence-electron chi connectivity index (χ2n) is 5.18. The lowest BCUT2D eigenvalue weighted by atomic mass is 10.1. The van der Waals surface area contributed by atoms with Gasteiger partial charge in [0.25, 0.3) is 0 Å². The molecule has 15 heavy (non-hydrogen) atoms. The molecule has 1 aliphatic heterocycles. The molecule has 0 aliphatic carbocycles. The molecule has 2 unspecified atom stereocenters. The first-order valence-electron chi connectivity index (χ1n) is 6.68. The van der Waals surface area contributed by atoms with Crippen LogP contribution in [0.3, 0.4) is 0 Å². The molecule has 1 saturated heterocycles. The summed E-state index contributed by atoms with van der Waals surface area (Å²) in [5.74, 6) is 0.814. The van der Waals surface area contributed by atoms with Crippen LogP contribution in [0.2, 0.25) is 0 Å². The smallest absolute Gasteiger partial charge is 0.0166 e. The third-order valence-electron chi connectivity index (χ3n) is 3.49. The first-order valence-corrected chi connectivity index (χ1v) is 6.68. The molecule has 1 heterocycles. The summed E-state index contributed by atoms with van der Waals surface area (Å²) in [6.07, 6.45) is 5.52. The van der Waals surface area contributed by atoms with Gasteiger partial charge in [0.15, 0.2) is 0 Å². The zero-order valence-corrected chi connectivity index (χ0v) is 10.8. The lowest BCUT2D eigenvalue weighted by Gasteiger charge is -2.29. The standard InChI is InChI=1S/C13H28N2/c1-4-12(2)10-14-13(3)11-15-8-6-5-7-9-15/h12-14H,4-11H2,1-3H3. The number of rotatable bonds is 6. The number of nitrogens with one attached hydrogen (secondary N) is 1. The molecule has 2 heteroatoms. The third-order valence-corrected chi connectivity index (χ3v) is 3.49. The average Bonchev–Trinajstić information content (AvgIpc) is 2.27. The minimum absolute atomic E-state index is 0.650. The van der Waals surface area contributed by atoms with E-state index in [0.717, 1.165) is 5.92 Å². The predicted octanol–water partition coefficient (Wildman–Crippen LogP) is 2.50. The average molecular weight is 212 g/mol. The molecular weight excluding hydrogens is 184 g/mol. The minimum Gasteiger partial charge on any atom is -0.313 e. The van der Waals surface area contributed by atoms with Crippen LogP contribution in [0, 0.1) is 5.92 Å². The lowest BCUT2D eigenvalue weighted by molar-refractivity contribution is 0.207. The summed E-state index contributed by atoms with van der Waals surface area (Å²) in [5, 5.41) is 3.64. The third kappa shape index (κ3) is 5.53. The molecular formula is C13H28N2. The molecule has 2 atom stereocenters. The molecule has 1 aliphatic rings. The first kappa shape index (κ1) is 13.0. The van der Waals surface area contributed by atoms with Crippen molar-refractivity contribution < 1.29 is 0 Å². The van der Waals surface area contributed by atoms with Crippen LogP contribution in [-0.2, 0) is 0 Å². The second-order valence-corrected chi connectivity index (χ2v) is 5.18. The summed E-state index contributed by atoms with van der Waals surface area (Å²) in [5.41, 5.74) is 0. The maximum atomic E-state index is 3.64. The molecule has 0 bridgehead atoms. The van der Waals surface area contributed by atoms with Crippen LogP contribution in [-0.4, -0.2) is 37.1 Å². The Balaban J connectivity index is 2.08. The van der Waals surface area contributed by atoms with E-state index < -0.39 is 0 Å². The molecule has 0 aromatic carbocycles. The van der Waals surface area contributed by atoms with Crippen molar-refractivity contribution in [1.82, 2.24) is 10.2 Å². The van der Waals surface area contributed by atoms with Gasteiger partial charge in [0.2, 0.25) is 0 Å². The maximum Gasteiger partial charge on any atom is 0.0166 e. The van der Waals surface area contributed by atoms with Crippen molar-refractivity contribution in [2.45, 2.75) is 52.5 Å². The fourth-order valence-electron chi connectivity index (χ4n) is 2.14. The number of piperidine rings is 1. The Hall–Kier alpha value is -0.0800. The van der Waals surface area contributed by atoms with Gasteiger partial charge >= 0.3 is 0 Å². The number of nitrogens with zero attached hydrogens (tertiary/aromatic N) is 1. The summed E-state index contributed by atoms with van der Waals surface area (Å²) < 4.78 is 0. The Morgan fingerprint density at radius 3 is 2.40 bits per heavy atom. The van der Waals surface area contributed by atoms with Crippen molar-refractivity contribution in [2.24, 2.45) is 5.92 Å². The van der Waals surface area contributed by atoms with Gasteiger partial charge in [-0.1, -0.05) is 26.7 Å². The number of hydrogen-bond donors (Lipinski definition) is 1. The maximum absolute atomic E-state index is 3.64. The largest absolute Gasteiger partial charge is 0.313 e. The Labute approximate surface area is 95.4 Å². The van der Waals surface area contributed by atoms with Gasteiger partial charge in [-0.05, 0) is 45.3 Å². The van der Waals surface area contributed by atoms with E-state index in [2.05, 4.69) is 31.0 Å². The summed E-state index contributed by atoms with van der Waals surface area (Å²) in [4.78, 5) is 2.61. The Morgan fingerprint density at radius 1 is 1.13 bits per heavy atom. The molecule has 0 aromatic rings. The number of hydrogen-bond acceptors (Lipinski definition) is 2. The molecule has 0 aromatic heterocycles. The summed E-state index contributed by atoms with van der Waals surface area (Å²) in [6.45, 7) is 11.9. The van der Waals surface area contributed by atoms with E-state index in [0.29, 0.717) is 6.04 Å². The van der Waals surface area contributed by atoms with Crippen molar-refractivity contribution >= 4 is 0 Å². The first-order chi connectivity index (χ1) is 7.22. The quantitative estimate of drug-likeness (QED) is 0.728. The Bertz CT molecular complexity index is 153. The highest BCUT2D eigenvalue weighted by Crippen LogP contribution is 2.08. The van der Waals surface area contributed by atoms with Crippen LogP contribution in [0.5, 0.6) is 0 Å². The Kier molecular flexibility index (Phi) is 6.26. The van der Waals surface area contributed by atoms with Crippen molar-refractivity contribution in [3.63, 3.8) is 0 Å². The van der Waals surface area contributed by atoms with Crippen LogP contribution >= 0.6 is 0 Å². The van der Waals surface area contributed by atoms with Crippen molar-refractivity contribution in [2.75, 3.05) is 26.2 Å². The van der Waals surface area contributed by atoms with Crippen LogP contribution in [0.4, 0.5) is 0 Å². The molecule has 1 fully saturated rings. The molecule has 90 valence electrons. The SMILES string of the molecule is CCC(C)CNC(C)CN1CCCCC1. The summed E-state index contributed by atoms with van der Waals surface area (Å²) in [7, 11) is 0. The highest BCUT2D eigenvalue weighted by molar-refractivity contribution is 4.71. The second kappa shape index (κ2) is 7.24. The minimum atomic E-state index is 0.650. The van der Waals surface area contributed by atoms with E-state index in [1.54, 1.807) is 0 Å². The van der Waals surface area contributed by atoms with Crippen molar-refractivity contribution in [3.8, 4) is 0 Å². The van der Waals surface area contributed by atoms with Crippen molar-refractivity contribution in [3.05, 3.63) is 0 Å². The van der Waals surface area contributed by atoms with Gasteiger partial charge in [-0.15, -0.1) is 0 Å². The van der Waals surface area contributed by atoms with E-state index in [1.165, 1.54) is 51.9 Å². The molecule has 0 amide bonds. The van der Waals surface area contributed by atoms with Gasteiger partial charge in [-0.3, -0.25) is 0 Å². The van der Waals surface area contributed by atoms with Gasteiger partial charge in [0.05, 0.1) is 0 Å². The van der Waals surface area contributed by atoms with Gasteiger partial charge < -0.3 is 10.2 Å². The zero-order valence-electron chi connectivity index (χ0n) is 10.8. The molecule has 0 saturated carbocycles. The van der Waals surface area contributed by atoms with E-state index in [-0.39, 0.29) is 0 Å². The molecule has 2 nitrogen and oxygen atoms in total. The topological polar surface area (TPSA) is 15.3 Å². The predicted molar refractivity (Wildman–Crippen MR) is 67.2 cm³/mol. The van der Waals surface area contributed by atoms with Gasteiger partial charge in [0, 0.05) is 12.6 Å². The molecule has 0 spiro atoms. The normalized spacial score (nSPS) is 22.6. The van der Waals surface area contributed by atoms with Crippen molar-refractivity contribution in [1.29, 1.82) is 0 Å². The molecule has 0 radical (unpaired) electrons. The van der Waals surface area contributed by atoms with E-state index in [1.807, 2.05) is 0 Å². The number of likely N-dealkylation sites (tertiary alicyclic amines) is 1. The van der Waals surface area contributed by atoms with Crippen LogP contribution in [0.1, 0.15) is 46.5 Å². The van der Waals surface area contributed by atoms with Crippen LogP contribution in [0.25, 0.3) is 0 Å². The van der Waals surface area contributed by atoms with Gasteiger partial charge in [0.1, 0.15) is 0 Å². The zero-order chi connectivity index (χ0) is 11.1. The van der Waals surface area contributed by atoms with E-state index in [4.69, 9.17) is 0 Å². The van der Waals surface area contributed by atoms with Gasteiger partial charge in [-0.2, -0.15) is 0 Å². The highest BCUT2D eigenvalue weighted by Gasteiger charge is 2.13. The van der Waals surface area contributed by atoms with E-state index in [9.17, 15) is 0 Å².